The van der Waals surface area contributed by atoms with E-state index in [0.29, 0.717) is 6.04 Å². The van der Waals surface area contributed by atoms with Gasteiger partial charge >= 0.3 is 0 Å². The van der Waals surface area contributed by atoms with E-state index in [1.807, 2.05) is 36.8 Å². The summed E-state index contributed by atoms with van der Waals surface area (Å²) in [4.78, 5) is 5.80. The number of benzene rings is 1. The average Bonchev–Trinajstić information content (AvgIpc) is 3.17. The number of anilines is 1. The van der Waals surface area contributed by atoms with Crippen molar-refractivity contribution in [3.05, 3.63) is 54.9 Å². The Balaban J connectivity index is 1.67. The molecule has 0 aliphatic heterocycles. The van der Waals surface area contributed by atoms with Crippen molar-refractivity contribution in [1.29, 1.82) is 0 Å². The summed E-state index contributed by atoms with van der Waals surface area (Å²) in [6, 6.07) is 8.44. The average molecular weight is 282 g/mol. The van der Waals surface area contributed by atoms with E-state index in [0.717, 1.165) is 17.9 Å². The topological polar surface area (TPSA) is 60.6 Å². The lowest BCUT2D eigenvalue weighted by Gasteiger charge is -2.13. The molecule has 1 N–H and O–H groups in total. The largest absolute Gasteiger partial charge is 0.379 e. The Morgan fingerprint density at radius 3 is 2.48 bits per heavy atom. The van der Waals surface area contributed by atoms with Gasteiger partial charge in [0.1, 0.15) is 0 Å². The van der Waals surface area contributed by atoms with E-state index in [1.54, 1.807) is 17.2 Å². The van der Waals surface area contributed by atoms with Crippen LogP contribution in [0.2, 0.25) is 0 Å². The molecule has 0 aliphatic rings. The molecular formula is C15H18N6. The van der Waals surface area contributed by atoms with Gasteiger partial charge in [-0.05, 0) is 38.1 Å². The second kappa shape index (κ2) is 5.78. The predicted molar refractivity (Wildman–Crippen MR) is 81.3 cm³/mol. The minimum atomic E-state index is 0.414. The molecule has 0 spiro atoms. The van der Waals surface area contributed by atoms with E-state index in [-0.39, 0.29) is 0 Å². The van der Waals surface area contributed by atoms with Crippen molar-refractivity contribution in [3.63, 3.8) is 0 Å². The molecule has 0 aliphatic carbocycles. The third-order valence-electron chi connectivity index (χ3n) is 3.29. The van der Waals surface area contributed by atoms with Crippen LogP contribution in [-0.2, 0) is 6.54 Å². The Bertz CT molecular complexity index is 681. The van der Waals surface area contributed by atoms with Crippen LogP contribution < -0.4 is 5.32 Å². The van der Waals surface area contributed by atoms with Gasteiger partial charge < -0.3 is 9.88 Å². The molecule has 6 nitrogen and oxygen atoms in total. The standard InChI is InChI=1S/C15H18N6/c1-12(2)20-11-16-9-15(20)10-17-13-3-5-14(6-4-13)21-18-7-8-19-21/h3-9,11-12,17H,10H2,1-2H3. The van der Waals surface area contributed by atoms with E-state index in [4.69, 9.17) is 0 Å². The van der Waals surface area contributed by atoms with Gasteiger partial charge in [-0.3, -0.25) is 0 Å². The first-order chi connectivity index (χ1) is 10.2. The summed E-state index contributed by atoms with van der Waals surface area (Å²) in [5.41, 5.74) is 3.17. The Kier molecular flexibility index (Phi) is 3.68. The molecule has 1 aromatic carbocycles. The molecule has 0 atom stereocenters. The zero-order chi connectivity index (χ0) is 14.7. The van der Waals surface area contributed by atoms with Gasteiger partial charge in [0.2, 0.25) is 0 Å². The zero-order valence-corrected chi connectivity index (χ0v) is 12.1. The lowest BCUT2D eigenvalue weighted by molar-refractivity contribution is 0.577. The van der Waals surface area contributed by atoms with E-state index < -0.39 is 0 Å². The predicted octanol–water partition coefficient (Wildman–Crippen LogP) is 2.66. The summed E-state index contributed by atoms with van der Waals surface area (Å²) in [5, 5.41) is 11.6. The monoisotopic (exact) mass is 282 g/mol. The summed E-state index contributed by atoms with van der Waals surface area (Å²) in [7, 11) is 0. The number of hydrogen-bond acceptors (Lipinski definition) is 4. The van der Waals surface area contributed by atoms with Gasteiger partial charge in [0.05, 0.1) is 36.6 Å². The first-order valence-corrected chi connectivity index (χ1v) is 6.95. The molecule has 0 saturated carbocycles. The summed E-state index contributed by atoms with van der Waals surface area (Å²) < 4.78 is 2.16. The van der Waals surface area contributed by atoms with Gasteiger partial charge in [-0.1, -0.05) is 0 Å². The highest BCUT2D eigenvalue weighted by atomic mass is 15.5. The van der Waals surface area contributed by atoms with Crippen molar-refractivity contribution >= 4 is 5.69 Å². The molecule has 0 bridgehead atoms. The molecule has 0 saturated heterocycles. The number of hydrogen-bond donors (Lipinski definition) is 1. The van der Waals surface area contributed by atoms with Crippen LogP contribution in [0.15, 0.2) is 49.2 Å². The minimum absolute atomic E-state index is 0.414. The molecular weight excluding hydrogens is 264 g/mol. The molecule has 3 rings (SSSR count). The number of aromatic nitrogens is 5. The first kappa shape index (κ1) is 13.4. The van der Waals surface area contributed by atoms with Crippen LogP contribution in [0.4, 0.5) is 5.69 Å². The van der Waals surface area contributed by atoms with Crippen LogP contribution >= 0.6 is 0 Å². The van der Waals surface area contributed by atoms with E-state index in [2.05, 4.69) is 38.9 Å². The highest BCUT2D eigenvalue weighted by molar-refractivity contribution is 5.48. The maximum absolute atomic E-state index is 4.21. The smallest absolute Gasteiger partial charge is 0.0951 e. The second-order valence-electron chi connectivity index (χ2n) is 5.10. The molecule has 3 aromatic rings. The lowest BCUT2D eigenvalue weighted by atomic mass is 10.2. The number of rotatable bonds is 5. The summed E-state index contributed by atoms with van der Waals surface area (Å²) in [6.07, 6.45) is 7.10. The normalized spacial score (nSPS) is 11.0. The summed E-state index contributed by atoms with van der Waals surface area (Å²) in [5.74, 6) is 0. The van der Waals surface area contributed by atoms with Crippen LogP contribution in [0.25, 0.3) is 5.69 Å². The van der Waals surface area contributed by atoms with E-state index in [9.17, 15) is 0 Å². The highest BCUT2D eigenvalue weighted by Gasteiger charge is 2.05. The van der Waals surface area contributed by atoms with Crippen LogP contribution in [0.5, 0.6) is 0 Å². The van der Waals surface area contributed by atoms with Gasteiger partial charge in [0.25, 0.3) is 0 Å². The summed E-state index contributed by atoms with van der Waals surface area (Å²) >= 11 is 0. The Morgan fingerprint density at radius 1 is 1.10 bits per heavy atom. The molecule has 0 unspecified atom stereocenters. The fourth-order valence-electron chi connectivity index (χ4n) is 2.19. The third kappa shape index (κ3) is 2.94. The highest BCUT2D eigenvalue weighted by Crippen LogP contribution is 2.14. The maximum atomic E-state index is 4.21. The van der Waals surface area contributed by atoms with Gasteiger partial charge in [-0.2, -0.15) is 15.0 Å². The Hall–Kier alpha value is -2.63. The maximum Gasteiger partial charge on any atom is 0.0951 e. The van der Waals surface area contributed by atoms with Crippen LogP contribution in [0, 0.1) is 0 Å². The molecule has 0 radical (unpaired) electrons. The van der Waals surface area contributed by atoms with Crippen molar-refractivity contribution < 1.29 is 0 Å². The zero-order valence-electron chi connectivity index (χ0n) is 12.1. The van der Waals surface area contributed by atoms with Crippen molar-refractivity contribution in [2.75, 3.05) is 5.32 Å². The van der Waals surface area contributed by atoms with E-state index in [1.165, 1.54) is 5.69 Å². The minimum Gasteiger partial charge on any atom is -0.379 e. The molecule has 21 heavy (non-hydrogen) atoms. The van der Waals surface area contributed by atoms with Gasteiger partial charge in [-0.25, -0.2) is 4.98 Å². The second-order valence-corrected chi connectivity index (χ2v) is 5.10. The van der Waals surface area contributed by atoms with Gasteiger partial charge in [0, 0.05) is 17.9 Å². The molecule has 108 valence electrons. The van der Waals surface area contributed by atoms with Crippen LogP contribution in [0.1, 0.15) is 25.6 Å². The fraction of sp³-hybridized carbons (Fsp3) is 0.267. The summed E-state index contributed by atoms with van der Waals surface area (Å²) in [6.45, 7) is 5.05. The van der Waals surface area contributed by atoms with Crippen LogP contribution in [0.3, 0.4) is 0 Å². The molecule has 2 aromatic heterocycles. The van der Waals surface area contributed by atoms with Gasteiger partial charge in [-0.15, -0.1) is 0 Å². The number of nitrogens with one attached hydrogen (secondary N) is 1. The Morgan fingerprint density at radius 2 is 1.81 bits per heavy atom. The SMILES string of the molecule is CC(C)n1cncc1CNc1ccc(-n2nccn2)cc1. The van der Waals surface area contributed by atoms with Crippen LogP contribution in [-0.4, -0.2) is 24.5 Å². The molecule has 2 heterocycles. The van der Waals surface area contributed by atoms with Crippen molar-refractivity contribution in [1.82, 2.24) is 24.5 Å². The fourth-order valence-corrected chi connectivity index (χ4v) is 2.19. The molecule has 0 fully saturated rings. The van der Waals surface area contributed by atoms with E-state index >= 15 is 0 Å². The van der Waals surface area contributed by atoms with Crippen molar-refractivity contribution in [2.24, 2.45) is 0 Å². The van der Waals surface area contributed by atoms with Crippen molar-refractivity contribution in [2.45, 2.75) is 26.4 Å². The number of nitrogens with zero attached hydrogens (tertiary/aromatic N) is 5. The van der Waals surface area contributed by atoms with Crippen molar-refractivity contribution in [3.8, 4) is 5.69 Å². The molecule has 0 amide bonds. The lowest BCUT2D eigenvalue weighted by Crippen LogP contribution is -2.08. The Labute approximate surface area is 123 Å². The number of imidazole rings is 1. The third-order valence-corrected chi connectivity index (χ3v) is 3.29. The quantitative estimate of drug-likeness (QED) is 0.781. The van der Waals surface area contributed by atoms with Gasteiger partial charge in [0.15, 0.2) is 0 Å². The first-order valence-electron chi connectivity index (χ1n) is 6.95. The molecule has 6 heteroatoms.